The fourth-order valence-corrected chi connectivity index (χ4v) is 4.47. The predicted molar refractivity (Wildman–Crippen MR) is 130 cm³/mol. The molecule has 5 aromatic rings. The third-order valence-electron chi connectivity index (χ3n) is 5.53. The number of nitrogens with zero attached hydrogens (tertiary/aromatic N) is 4. The maximum atomic E-state index is 13.4. The SMILES string of the molecule is Cc1ccc(-n2c(SCc3nnc(Cc4ccccc4)o3)nc3ccccc3c2=O)cc1C. The summed E-state index contributed by atoms with van der Waals surface area (Å²) >= 11 is 1.41. The van der Waals surface area contributed by atoms with E-state index >= 15 is 0 Å². The van der Waals surface area contributed by atoms with Gasteiger partial charge in [0, 0.05) is 0 Å². The van der Waals surface area contributed by atoms with Gasteiger partial charge in [-0.05, 0) is 54.8 Å². The summed E-state index contributed by atoms with van der Waals surface area (Å²) in [6, 6.07) is 23.4. The molecule has 33 heavy (non-hydrogen) atoms. The van der Waals surface area contributed by atoms with E-state index in [2.05, 4.69) is 17.1 Å². The van der Waals surface area contributed by atoms with Gasteiger partial charge in [-0.15, -0.1) is 10.2 Å². The molecule has 2 heterocycles. The second-order valence-electron chi connectivity index (χ2n) is 7.86. The van der Waals surface area contributed by atoms with Crippen LogP contribution in [-0.2, 0) is 12.2 Å². The maximum absolute atomic E-state index is 13.4. The smallest absolute Gasteiger partial charge is 0.266 e. The summed E-state index contributed by atoms with van der Waals surface area (Å²) in [4.78, 5) is 18.2. The maximum Gasteiger partial charge on any atom is 0.266 e. The minimum atomic E-state index is -0.0957. The lowest BCUT2D eigenvalue weighted by Crippen LogP contribution is -2.22. The van der Waals surface area contributed by atoms with E-state index in [1.165, 1.54) is 17.3 Å². The summed E-state index contributed by atoms with van der Waals surface area (Å²) in [5.74, 6) is 1.48. The van der Waals surface area contributed by atoms with Crippen LogP contribution in [0.15, 0.2) is 87.2 Å². The van der Waals surface area contributed by atoms with Crippen LogP contribution in [0.2, 0.25) is 0 Å². The average Bonchev–Trinajstić information content (AvgIpc) is 3.28. The largest absolute Gasteiger partial charge is 0.424 e. The van der Waals surface area contributed by atoms with Gasteiger partial charge in [0.05, 0.1) is 28.8 Å². The molecule has 164 valence electrons. The van der Waals surface area contributed by atoms with Crippen molar-refractivity contribution in [2.24, 2.45) is 0 Å². The zero-order chi connectivity index (χ0) is 22.8. The molecule has 0 radical (unpaired) electrons. The average molecular weight is 455 g/mol. The molecule has 7 heteroatoms. The molecular formula is C26H22N4O2S. The first kappa shape index (κ1) is 21.2. The number of hydrogen-bond donors (Lipinski definition) is 0. The van der Waals surface area contributed by atoms with Crippen LogP contribution in [0.3, 0.4) is 0 Å². The van der Waals surface area contributed by atoms with Crippen LogP contribution in [0.4, 0.5) is 0 Å². The molecule has 0 unspecified atom stereocenters. The number of rotatable bonds is 6. The zero-order valence-corrected chi connectivity index (χ0v) is 19.2. The van der Waals surface area contributed by atoms with Crippen LogP contribution in [0, 0.1) is 13.8 Å². The lowest BCUT2D eigenvalue weighted by molar-refractivity contribution is 0.474. The first-order valence-corrected chi connectivity index (χ1v) is 11.6. The van der Waals surface area contributed by atoms with Crippen molar-refractivity contribution in [2.75, 3.05) is 0 Å². The van der Waals surface area contributed by atoms with E-state index in [1.807, 2.05) is 79.7 Å². The Hall–Kier alpha value is -3.71. The van der Waals surface area contributed by atoms with Crippen molar-refractivity contribution < 1.29 is 4.42 Å². The molecule has 0 atom stereocenters. The van der Waals surface area contributed by atoms with Crippen molar-refractivity contribution in [3.8, 4) is 5.69 Å². The Morgan fingerprint density at radius 3 is 2.45 bits per heavy atom. The van der Waals surface area contributed by atoms with E-state index in [-0.39, 0.29) is 5.56 Å². The molecule has 5 rings (SSSR count). The fourth-order valence-electron chi connectivity index (χ4n) is 3.62. The van der Waals surface area contributed by atoms with Gasteiger partial charge in [-0.3, -0.25) is 9.36 Å². The van der Waals surface area contributed by atoms with Gasteiger partial charge in [-0.25, -0.2) is 4.98 Å². The van der Waals surface area contributed by atoms with E-state index < -0.39 is 0 Å². The number of para-hydroxylation sites is 1. The summed E-state index contributed by atoms with van der Waals surface area (Å²) in [6.45, 7) is 4.09. The van der Waals surface area contributed by atoms with Crippen molar-refractivity contribution in [3.63, 3.8) is 0 Å². The van der Waals surface area contributed by atoms with E-state index in [4.69, 9.17) is 9.40 Å². The first-order valence-electron chi connectivity index (χ1n) is 10.7. The lowest BCUT2D eigenvalue weighted by Gasteiger charge is -2.14. The minimum Gasteiger partial charge on any atom is -0.424 e. The summed E-state index contributed by atoms with van der Waals surface area (Å²) < 4.78 is 7.52. The number of aryl methyl sites for hydroxylation is 2. The molecule has 0 spiro atoms. The Balaban J connectivity index is 1.47. The number of benzene rings is 3. The lowest BCUT2D eigenvalue weighted by atomic mass is 10.1. The highest BCUT2D eigenvalue weighted by atomic mass is 32.2. The van der Waals surface area contributed by atoms with E-state index in [9.17, 15) is 4.79 Å². The zero-order valence-electron chi connectivity index (χ0n) is 18.4. The molecule has 3 aromatic carbocycles. The monoisotopic (exact) mass is 454 g/mol. The van der Waals surface area contributed by atoms with Gasteiger partial charge in [0.25, 0.3) is 5.56 Å². The molecule has 0 saturated carbocycles. The Kier molecular flexibility index (Phi) is 5.79. The number of fused-ring (bicyclic) bond motifs is 1. The van der Waals surface area contributed by atoms with Gasteiger partial charge in [0.2, 0.25) is 11.8 Å². The molecular weight excluding hydrogens is 432 g/mol. The van der Waals surface area contributed by atoms with Gasteiger partial charge in [-0.1, -0.05) is 60.3 Å². The summed E-state index contributed by atoms with van der Waals surface area (Å²) in [6.07, 6.45) is 0.583. The topological polar surface area (TPSA) is 73.8 Å². The third-order valence-corrected chi connectivity index (χ3v) is 6.45. The van der Waals surface area contributed by atoms with Crippen molar-refractivity contribution in [2.45, 2.75) is 31.2 Å². The molecule has 0 N–H and O–H groups in total. The molecule has 0 fully saturated rings. The number of hydrogen-bond acceptors (Lipinski definition) is 6. The molecule has 0 aliphatic rings. The van der Waals surface area contributed by atoms with Gasteiger partial charge in [0.1, 0.15) is 0 Å². The third kappa shape index (κ3) is 4.45. The van der Waals surface area contributed by atoms with Crippen LogP contribution < -0.4 is 5.56 Å². The van der Waals surface area contributed by atoms with Crippen LogP contribution in [-0.4, -0.2) is 19.7 Å². The molecule has 0 amide bonds. The summed E-state index contributed by atoms with van der Waals surface area (Å²) in [5.41, 5.74) is 4.76. The molecule has 0 aliphatic heterocycles. The van der Waals surface area contributed by atoms with Gasteiger partial charge >= 0.3 is 0 Å². The minimum absolute atomic E-state index is 0.0957. The summed E-state index contributed by atoms with van der Waals surface area (Å²) in [7, 11) is 0. The second kappa shape index (κ2) is 9.03. The Morgan fingerprint density at radius 2 is 1.64 bits per heavy atom. The second-order valence-corrected chi connectivity index (χ2v) is 8.80. The van der Waals surface area contributed by atoms with Crippen LogP contribution in [0.5, 0.6) is 0 Å². The van der Waals surface area contributed by atoms with Crippen molar-refractivity contribution in [1.29, 1.82) is 0 Å². The first-order chi connectivity index (χ1) is 16.1. The quantitative estimate of drug-likeness (QED) is 0.257. The van der Waals surface area contributed by atoms with Gasteiger partial charge in [-0.2, -0.15) is 0 Å². The van der Waals surface area contributed by atoms with E-state index in [1.54, 1.807) is 4.57 Å². The normalized spacial score (nSPS) is 11.2. The van der Waals surface area contributed by atoms with Crippen molar-refractivity contribution >= 4 is 22.7 Å². The van der Waals surface area contributed by atoms with Crippen LogP contribution >= 0.6 is 11.8 Å². The Labute approximate surface area is 195 Å². The van der Waals surface area contributed by atoms with E-state index in [0.29, 0.717) is 40.0 Å². The molecule has 2 aromatic heterocycles. The highest BCUT2D eigenvalue weighted by molar-refractivity contribution is 7.98. The van der Waals surface area contributed by atoms with Gasteiger partial charge < -0.3 is 4.42 Å². The molecule has 0 bridgehead atoms. The number of thioether (sulfide) groups is 1. The van der Waals surface area contributed by atoms with Gasteiger partial charge in [0.15, 0.2) is 5.16 Å². The van der Waals surface area contributed by atoms with Crippen LogP contribution in [0.25, 0.3) is 16.6 Å². The molecule has 0 saturated heterocycles. The molecule has 6 nitrogen and oxygen atoms in total. The highest BCUT2D eigenvalue weighted by Gasteiger charge is 2.16. The van der Waals surface area contributed by atoms with Crippen molar-refractivity contribution in [3.05, 3.63) is 112 Å². The van der Waals surface area contributed by atoms with Crippen LogP contribution in [0.1, 0.15) is 28.5 Å². The molecule has 0 aliphatic carbocycles. The summed E-state index contributed by atoms with van der Waals surface area (Å²) in [5, 5.41) is 9.54. The van der Waals surface area contributed by atoms with E-state index in [0.717, 1.165) is 16.8 Å². The Bertz CT molecular complexity index is 1490. The predicted octanol–water partition coefficient (Wildman–Crippen LogP) is 5.27. The highest BCUT2D eigenvalue weighted by Crippen LogP contribution is 2.25. The standard InChI is InChI=1S/C26H22N4O2S/c1-17-12-13-20(14-18(17)2)30-25(31)21-10-6-7-11-22(21)27-26(30)33-16-24-29-28-23(32-24)15-19-8-4-3-5-9-19/h3-14H,15-16H2,1-2H3. The fraction of sp³-hybridized carbons (Fsp3) is 0.154. The van der Waals surface area contributed by atoms with Crippen molar-refractivity contribution in [1.82, 2.24) is 19.7 Å². The number of aromatic nitrogens is 4. The Morgan fingerprint density at radius 1 is 0.879 bits per heavy atom.